The molecule has 0 aliphatic carbocycles. The molecule has 1 heterocycles. The highest BCUT2D eigenvalue weighted by atomic mass is 16.1. The second kappa shape index (κ2) is 5.22. The monoisotopic (exact) mass is 243 g/mol. The van der Waals surface area contributed by atoms with Gasteiger partial charge in [-0.15, -0.1) is 11.7 Å². The summed E-state index contributed by atoms with van der Waals surface area (Å²) in [5, 5.41) is 14.0. The van der Waals surface area contributed by atoms with Crippen molar-refractivity contribution in [2.24, 2.45) is 0 Å². The summed E-state index contributed by atoms with van der Waals surface area (Å²) in [6, 6.07) is 7.24. The molecule has 2 aromatic rings. The number of carbonyl (C=O) groups is 1. The lowest BCUT2D eigenvalue weighted by Crippen LogP contribution is -2.13. The Balaban J connectivity index is 2.06. The number of benzene rings is 1. The molecule has 0 saturated carbocycles. The van der Waals surface area contributed by atoms with Crippen molar-refractivity contribution < 1.29 is 4.79 Å². The Morgan fingerprint density at radius 1 is 1.44 bits per heavy atom. The van der Waals surface area contributed by atoms with Crippen molar-refractivity contribution in [3.05, 3.63) is 48.0 Å². The minimum atomic E-state index is -0.256. The Labute approximate surface area is 104 Å². The largest absolute Gasteiger partial charge is 0.288 e. The molecule has 0 atom stereocenters. The molecule has 92 valence electrons. The van der Waals surface area contributed by atoms with Crippen molar-refractivity contribution in [2.45, 2.75) is 13.5 Å². The van der Waals surface area contributed by atoms with Crippen LogP contribution in [-0.4, -0.2) is 26.1 Å². The number of rotatable bonds is 4. The summed E-state index contributed by atoms with van der Waals surface area (Å²) in [6.45, 7) is 5.98. The second-order valence-corrected chi connectivity index (χ2v) is 3.78. The number of tetrazole rings is 1. The van der Waals surface area contributed by atoms with Crippen LogP contribution in [0.15, 0.2) is 36.9 Å². The van der Waals surface area contributed by atoms with Gasteiger partial charge in [-0.1, -0.05) is 28.9 Å². The molecule has 1 aromatic carbocycles. The first-order chi connectivity index (χ1) is 8.69. The van der Waals surface area contributed by atoms with E-state index in [1.807, 2.05) is 19.1 Å². The normalized spacial score (nSPS) is 10.1. The Kier molecular flexibility index (Phi) is 3.47. The maximum absolute atomic E-state index is 11.8. The number of hydrogen-bond acceptors (Lipinski definition) is 4. The van der Waals surface area contributed by atoms with Gasteiger partial charge in [0.2, 0.25) is 0 Å². The summed E-state index contributed by atoms with van der Waals surface area (Å²) in [5.74, 6) is -0.0735. The summed E-state index contributed by atoms with van der Waals surface area (Å²) in [6.07, 6.45) is 1.65. The number of aryl methyl sites for hydroxylation is 1. The first kappa shape index (κ1) is 12.0. The summed E-state index contributed by atoms with van der Waals surface area (Å²) < 4.78 is 0. The van der Waals surface area contributed by atoms with Crippen LogP contribution in [0, 0.1) is 6.92 Å². The third-order valence-electron chi connectivity index (χ3n) is 2.28. The number of nitrogens with one attached hydrogen (secondary N) is 1. The van der Waals surface area contributed by atoms with Crippen molar-refractivity contribution >= 4 is 11.9 Å². The van der Waals surface area contributed by atoms with Gasteiger partial charge in [0, 0.05) is 5.56 Å². The van der Waals surface area contributed by atoms with Crippen molar-refractivity contribution in [3.63, 3.8) is 0 Å². The molecular formula is C12H13N5O. The number of allylic oxidation sites excluding steroid dienone is 1. The highest BCUT2D eigenvalue weighted by molar-refractivity contribution is 6.03. The number of anilines is 1. The molecule has 0 aliphatic heterocycles. The second-order valence-electron chi connectivity index (χ2n) is 3.78. The molecule has 1 N–H and O–H groups in total. The molecule has 18 heavy (non-hydrogen) atoms. The molecule has 1 amide bonds. The van der Waals surface area contributed by atoms with Gasteiger partial charge in [-0.3, -0.25) is 10.1 Å². The molecular weight excluding hydrogens is 230 g/mol. The van der Waals surface area contributed by atoms with E-state index in [0.29, 0.717) is 12.1 Å². The molecule has 0 bridgehead atoms. The van der Waals surface area contributed by atoms with Crippen LogP contribution in [0.25, 0.3) is 0 Å². The number of aromatic nitrogens is 4. The van der Waals surface area contributed by atoms with Gasteiger partial charge in [-0.2, -0.15) is 4.80 Å². The predicted molar refractivity (Wildman–Crippen MR) is 67.1 cm³/mol. The van der Waals surface area contributed by atoms with Gasteiger partial charge in [0.25, 0.3) is 11.9 Å². The minimum Gasteiger partial charge on any atom is -0.288 e. The molecule has 6 heteroatoms. The SMILES string of the molecule is C=CCn1nnc(NC(=O)c2ccc(C)cc2)n1. The molecule has 0 aliphatic rings. The van der Waals surface area contributed by atoms with Crippen LogP contribution in [0.5, 0.6) is 0 Å². The highest BCUT2D eigenvalue weighted by Gasteiger charge is 2.09. The Morgan fingerprint density at radius 3 is 2.83 bits per heavy atom. The van der Waals surface area contributed by atoms with Gasteiger partial charge < -0.3 is 0 Å². The molecule has 0 fully saturated rings. The number of hydrogen-bond donors (Lipinski definition) is 1. The smallest absolute Gasteiger partial charge is 0.270 e. The van der Waals surface area contributed by atoms with Crippen molar-refractivity contribution in [3.8, 4) is 0 Å². The average Bonchev–Trinajstić information content (AvgIpc) is 2.78. The zero-order chi connectivity index (χ0) is 13.0. The van der Waals surface area contributed by atoms with Gasteiger partial charge in [-0.05, 0) is 24.3 Å². The standard InChI is InChI=1S/C12H13N5O/c1-3-8-17-15-12(14-16-17)13-11(18)10-6-4-9(2)5-7-10/h3-7H,1,8H2,2H3,(H,13,15,18). The van der Waals surface area contributed by atoms with Crippen molar-refractivity contribution in [2.75, 3.05) is 5.32 Å². The van der Waals surface area contributed by atoms with Gasteiger partial charge in [-0.25, -0.2) is 0 Å². The maximum Gasteiger partial charge on any atom is 0.270 e. The fourth-order valence-electron chi connectivity index (χ4n) is 1.36. The fraction of sp³-hybridized carbons (Fsp3) is 0.167. The quantitative estimate of drug-likeness (QED) is 0.824. The molecule has 0 unspecified atom stereocenters. The predicted octanol–water partition coefficient (Wildman–Crippen LogP) is 1.42. The van der Waals surface area contributed by atoms with Crippen molar-refractivity contribution in [1.82, 2.24) is 20.2 Å². The Morgan fingerprint density at radius 2 is 2.17 bits per heavy atom. The molecule has 0 spiro atoms. The van der Waals surface area contributed by atoms with Crippen LogP contribution >= 0.6 is 0 Å². The van der Waals surface area contributed by atoms with Crippen molar-refractivity contribution in [1.29, 1.82) is 0 Å². The molecule has 2 rings (SSSR count). The third-order valence-corrected chi connectivity index (χ3v) is 2.28. The van der Waals surface area contributed by atoms with Crippen LogP contribution in [0.2, 0.25) is 0 Å². The van der Waals surface area contributed by atoms with E-state index < -0.39 is 0 Å². The third kappa shape index (κ3) is 2.79. The minimum absolute atomic E-state index is 0.183. The summed E-state index contributed by atoms with van der Waals surface area (Å²) >= 11 is 0. The summed E-state index contributed by atoms with van der Waals surface area (Å²) in [4.78, 5) is 13.2. The molecule has 0 saturated heterocycles. The molecule has 0 radical (unpaired) electrons. The average molecular weight is 243 g/mol. The van der Waals surface area contributed by atoms with E-state index in [-0.39, 0.29) is 11.9 Å². The Bertz CT molecular complexity index is 558. The van der Waals surface area contributed by atoms with Gasteiger partial charge in [0.05, 0.1) is 6.54 Å². The van der Waals surface area contributed by atoms with Gasteiger partial charge in [0.15, 0.2) is 0 Å². The fourth-order valence-corrected chi connectivity index (χ4v) is 1.36. The van der Waals surface area contributed by atoms with Crippen LogP contribution in [0.3, 0.4) is 0 Å². The maximum atomic E-state index is 11.8. The number of nitrogens with zero attached hydrogens (tertiary/aromatic N) is 4. The van der Waals surface area contributed by atoms with Gasteiger partial charge in [0.1, 0.15) is 0 Å². The van der Waals surface area contributed by atoms with Crippen LogP contribution in [0.4, 0.5) is 5.95 Å². The van der Waals surface area contributed by atoms with E-state index in [1.54, 1.807) is 18.2 Å². The van der Waals surface area contributed by atoms with E-state index in [1.165, 1.54) is 4.80 Å². The number of carbonyl (C=O) groups excluding carboxylic acids is 1. The first-order valence-corrected chi connectivity index (χ1v) is 5.46. The summed E-state index contributed by atoms with van der Waals surface area (Å²) in [7, 11) is 0. The topological polar surface area (TPSA) is 72.7 Å². The zero-order valence-electron chi connectivity index (χ0n) is 10.00. The molecule has 6 nitrogen and oxygen atoms in total. The summed E-state index contributed by atoms with van der Waals surface area (Å²) in [5.41, 5.74) is 1.65. The molecule has 1 aromatic heterocycles. The van der Waals surface area contributed by atoms with E-state index in [0.717, 1.165) is 5.56 Å². The van der Waals surface area contributed by atoms with Gasteiger partial charge >= 0.3 is 0 Å². The zero-order valence-corrected chi connectivity index (χ0v) is 10.00. The van der Waals surface area contributed by atoms with Crippen LogP contribution in [0.1, 0.15) is 15.9 Å². The number of amides is 1. The van der Waals surface area contributed by atoms with Crippen LogP contribution < -0.4 is 5.32 Å². The van der Waals surface area contributed by atoms with E-state index in [2.05, 4.69) is 27.3 Å². The Hall–Kier alpha value is -2.50. The lowest BCUT2D eigenvalue weighted by Gasteiger charge is -2.00. The lowest BCUT2D eigenvalue weighted by molar-refractivity contribution is 0.102. The van der Waals surface area contributed by atoms with E-state index >= 15 is 0 Å². The van der Waals surface area contributed by atoms with E-state index in [9.17, 15) is 4.79 Å². The van der Waals surface area contributed by atoms with E-state index in [4.69, 9.17) is 0 Å². The van der Waals surface area contributed by atoms with Crippen LogP contribution in [-0.2, 0) is 6.54 Å². The highest BCUT2D eigenvalue weighted by Crippen LogP contribution is 2.05. The lowest BCUT2D eigenvalue weighted by atomic mass is 10.1. The first-order valence-electron chi connectivity index (χ1n) is 5.46.